The van der Waals surface area contributed by atoms with Crippen molar-refractivity contribution in [1.82, 2.24) is 30.1 Å². The number of amides is 2. The van der Waals surface area contributed by atoms with Gasteiger partial charge in [0.2, 0.25) is 11.7 Å². The Hall–Kier alpha value is -3.77. The summed E-state index contributed by atoms with van der Waals surface area (Å²) in [5.41, 5.74) is 1.62. The largest absolute Gasteiger partial charge is 0.394 e. The molecule has 3 heterocycles. The fourth-order valence-corrected chi connectivity index (χ4v) is 3.67. The van der Waals surface area contributed by atoms with Crippen LogP contribution in [-0.4, -0.2) is 67.3 Å². The predicted octanol–water partition coefficient (Wildman–Crippen LogP) is 1.56. The first-order chi connectivity index (χ1) is 16.4. The molecule has 0 saturated carbocycles. The first-order valence-corrected chi connectivity index (χ1v) is 10.7. The van der Waals surface area contributed by atoms with Crippen LogP contribution >= 0.6 is 0 Å². The van der Waals surface area contributed by atoms with Crippen LogP contribution in [0.4, 0.5) is 10.2 Å². The summed E-state index contributed by atoms with van der Waals surface area (Å²) in [5.74, 6) is -0.940. The van der Waals surface area contributed by atoms with Crippen LogP contribution < -0.4 is 5.32 Å². The minimum absolute atomic E-state index is 0.0941. The lowest BCUT2D eigenvalue weighted by Gasteiger charge is -2.14. The van der Waals surface area contributed by atoms with E-state index in [4.69, 9.17) is 4.74 Å². The third-order valence-corrected chi connectivity index (χ3v) is 5.52. The van der Waals surface area contributed by atoms with E-state index < -0.39 is 11.7 Å². The van der Waals surface area contributed by atoms with Gasteiger partial charge >= 0.3 is 0 Å². The van der Waals surface area contributed by atoms with Crippen LogP contribution in [0.1, 0.15) is 40.9 Å². The summed E-state index contributed by atoms with van der Waals surface area (Å²) in [6.07, 6.45) is 0.239. The van der Waals surface area contributed by atoms with Gasteiger partial charge in [0.25, 0.3) is 5.91 Å². The molecule has 2 amide bonds. The van der Waals surface area contributed by atoms with Gasteiger partial charge < -0.3 is 20.1 Å². The Morgan fingerprint density at radius 1 is 1.26 bits per heavy atom. The van der Waals surface area contributed by atoms with E-state index >= 15 is 0 Å². The lowest BCUT2D eigenvalue weighted by molar-refractivity contribution is -0.132. The third-order valence-electron chi connectivity index (χ3n) is 5.52. The van der Waals surface area contributed by atoms with E-state index in [2.05, 4.69) is 25.8 Å². The van der Waals surface area contributed by atoms with E-state index in [1.54, 1.807) is 30.0 Å². The maximum atomic E-state index is 14.8. The molecule has 0 aliphatic carbocycles. The van der Waals surface area contributed by atoms with Gasteiger partial charge in [-0.25, -0.2) is 14.1 Å². The van der Waals surface area contributed by atoms with E-state index in [0.717, 1.165) is 5.56 Å². The number of carbonyl (C=O) groups excluding carboxylic acids is 2. The number of ether oxygens (including phenoxy) is 1. The number of hydrogen-bond acceptors (Lipinski definition) is 8. The Morgan fingerprint density at radius 3 is 2.76 bits per heavy atom. The van der Waals surface area contributed by atoms with Crippen molar-refractivity contribution in [3.63, 3.8) is 0 Å². The quantitative estimate of drug-likeness (QED) is 0.507. The van der Waals surface area contributed by atoms with Crippen LogP contribution in [0, 0.1) is 5.82 Å². The molecule has 11 nitrogen and oxygen atoms in total. The maximum absolute atomic E-state index is 14.8. The lowest BCUT2D eigenvalue weighted by atomic mass is 10.1. The summed E-state index contributed by atoms with van der Waals surface area (Å²) >= 11 is 0. The topological polar surface area (TPSA) is 135 Å². The highest BCUT2D eigenvalue weighted by molar-refractivity contribution is 6.04. The molecule has 2 aromatic heterocycles. The molecule has 0 unspecified atom stereocenters. The zero-order valence-electron chi connectivity index (χ0n) is 18.7. The Labute approximate surface area is 194 Å². The number of nitrogens with one attached hydrogen (secondary N) is 1. The van der Waals surface area contributed by atoms with E-state index in [1.807, 2.05) is 0 Å². The van der Waals surface area contributed by atoms with Crippen LogP contribution in [0.15, 0.2) is 30.3 Å². The van der Waals surface area contributed by atoms with Crippen LogP contribution in [0.2, 0.25) is 0 Å². The van der Waals surface area contributed by atoms with Crippen molar-refractivity contribution in [2.75, 3.05) is 25.6 Å². The van der Waals surface area contributed by atoms with Gasteiger partial charge in [-0.2, -0.15) is 0 Å². The summed E-state index contributed by atoms with van der Waals surface area (Å²) in [5, 5.41) is 23.4. The highest BCUT2D eigenvalue weighted by Gasteiger charge is 2.26. The molecule has 1 aliphatic rings. The number of fused-ring (bicyclic) bond motifs is 1. The van der Waals surface area contributed by atoms with Crippen LogP contribution in [0.3, 0.4) is 0 Å². The predicted molar refractivity (Wildman–Crippen MR) is 118 cm³/mol. The minimum Gasteiger partial charge on any atom is -0.394 e. The molecule has 0 saturated heterocycles. The molecule has 34 heavy (non-hydrogen) atoms. The highest BCUT2D eigenvalue weighted by Crippen LogP contribution is 2.27. The first-order valence-electron chi connectivity index (χ1n) is 10.7. The van der Waals surface area contributed by atoms with Gasteiger partial charge in [-0.3, -0.25) is 9.59 Å². The monoisotopic (exact) mass is 469 g/mol. The van der Waals surface area contributed by atoms with Crippen molar-refractivity contribution < 1.29 is 23.8 Å². The molecular formula is C22H24FN7O4. The molecule has 0 spiro atoms. The number of methoxy groups -OCH3 is 1. The summed E-state index contributed by atoms with van der Waals surface area (Å²) in [4.78, 5) is 31.1. The molecule has 0 bridgehead atoms. The normalized spacial score (nSPS) is 13.6. The van der Waals surface area contributed by atoms with Crippen LogP contribution in [0.5, 0.6) is 0 Å². The molecule has 12 heteroatoms. The fraction of sp³-hybridized carbons (Fsp3) is 0.364. The van der Waals surface area contributed by atoms with Gasteiger partial charge in [-0.1, -0.05) is 6.07 Å². The molecule has 0 radical (unpaired) electrons. The van der Waals surface area contributed by atoms with E-state index in [9.17, 15) is 19.1 Å². The van der Waals surface area contributed by atoms with Crippen molar-refractivity contribution in [2.45, 2.75) is 32.5 Å². The van der Waals surface area contributed by atoms with Gasteiger partial charge in [0.05, 0.1) is 31.2 Å². The van der Waals surface area contributed by atoms with Gasteiger partial charge in [-0.15, -0.1) is 5.10 Å². The smallest absolute Gasteiger partial charge is 0.259 e. The number of tetrazole rings is 1. The van der Waals surface area contributed by atoms with Gasteiger partial charge in [0.15, 0.2) is 0 Å². The summed E-state index contributed by atoms with van der Waals surface area (Å²) < 4.78 is 21.1. The Kier molecular flexibility index (Phi) is 6.89. The second-order valence-corrected chi connectivity index (χ2v) is 7.93. The van der Waals surface area contributed by atoms with Crippen LogP contribution in [-0.2, 0) is 22.6 Å². The molecule has 178 valence electrons. The highest BCUT2D eigenvalue weighted by atomic mass is 19.1. The SMILES string of the molecule is COCCC(=O)N1Cc2cc(F)c(C(=O)Nc3cccc(-c4nnnn4[C@H](C)CO)n3)cc2C1. The third kappa shape index (κ3) is 4.77. The number of anilines is 1. The summed E-state index contributed by atoms with van der Waals surface area (Å²) in [6, 6.07) is 7.27. The average molecular weight is 469 g/mol. The Balaban J connectivity index is 1.51. The number of carbonyl (C=O) groups is 2. The van der Waals surface area contributed by atoms with Crippen molar-refractivity contribution in [3.8, 4) is 11.5 Å². The molecule has 1 atom stereocenters. The number of nitrogens with zero attached hydrogens (tertiary/aromatic N) is 6. The summed E-state index contributed by atoms with van der Waals surface area (Å²) in [7, 11) is 1.52. The van der Waals surface area contributed by atoms with Gasteiger partial charge in [0.1, 0.15) is 17.3 Å². The summed E-state index contributed by atoms with van der Waals surface area (Å²) in [6.45, 7) is 2.49. The van der Waals surface area contributed by atoms with Crippen LogP contribution in [0.25, 0.3) is 11.5 Å². The molecule has 1 aliphatic heterocycles. The Morgan fingerprint density at radius 2 is 2.03 bits per heavy atom. The van der Waals surface area contributed by atoms with E-state index in [0.29, 0.717) is 36.8 Å². The molecule has 1 aromatic carbocycles. The zero-order chi connectivity index (χ0) is 24.2. The van der Waals surface area contributed by atoms with Crippen molar-refractivity contribution >= 4 is 17.6 Å². The zero-order valence-corrected chi connectivity index (χ0v) is 18.7. The van der Waals surface area contributed by atoms with Gasteiger partial charge in [-0.05, 0) is 52.7 Å². The van der Waals surface area contributed by atoms with Crippen molar-refractivity contribution in [2.24, 2.45) is 0 Å². The minimum atomic E-state index is -0.681. The molecule has 2 N–H and O–H groups in total. The number of rotatable bonds is 8. The number of benzene rings is 1. The second kappa shape index (κ2) is 10.0. The van der Waals surface area contributed by atoms with Gasteiger partial charge in [0, 0.05) is 20.2 Å². The standard InChI is InChI=1S/C22H24FN7O4/c1-13(12-31)30-21(26-27-28-30)18-4-3-5-19(24-18)25-22(33)16-8-14-10-29(20(32)6-7-34-2)11-15(14)9-17(16)23/h3-5,8-9,13,31H,6-7,10-12H2,1-2H3,(H,24,25,33)/t13-/m1/s1. The average Bonchev–Trinajstić information content (AvgIpc) is 3.48. The molecule has 0 fully saturated rings. The number of halogens is 1. The van der Waals surface area contributed by atoms with Crippen molar-refractivity contribution in [3.05, 3.63) is 52.8 Å². The lowest BCUT2D eigenvalue weighted by Crippen LogP contribution is -2.26. The number of aliphatic hydroxyl groups excluding tert-OH is 1. The number of aliphatic hydroxyl groups is 1. The van der Waals surface area contributed by atoms with Crippen molar-refractivity contribution in [1.29, 1.82) is 0 Å². The van der Waals surface area contributed by atoms with E-state index in [1.165, 1.54) is 23.9 Å². The molecule has 3 aromatic rings. The number of hydrogen-bond donors (Lipinski definition) is 2. The Bertz CT molecular complexity index is 1220. The second-order valence-electron chi connectivity index (χ2n) is 7.93. The number of pyridine rings is 1. The number of aromatic nitrogens is 5. The molecular weight excluding hydrogens is 445 g/mol. The first kappa shape index (κ1) is 23.4. The molecule has 4 rings (SSSR count). The fourth-order valence-electron chi connectivity index (χ4n) is 3.67. The maximum Gasteiger partial charge on any atom is 0.259 e. The van der Waals surface area contributed by atoms with E-state index in [-0.39, 0.29) is 36.4 Å².